The topological polar surface area (TPSA) is 71.9 Å². The zero-order valence-electron chi connectivity index (χ0n) is 16.6. The summed E-state index contributed by atoms with van der Waals surface area (Å²) in [7, 11) is 1.34. The molecule has 3 aliphatic rings. The lowest BCUT2D eigenvalue weighted by Crippen LogP contribution is -2.49. The fourth-order valence-corrected chi connectivity index (χ4v) is 4.97. The molecule has 2 atom stereocenters. The molecule has 0 aliphatic carbocycles. The number of ether oxygens (including phenoxy) is 1. The van der Waals surface area contributed by atoms with Gasteiger partial charge in [-0.2, -0.15) is 0 Å². The van der Waals surface area contributed by atoms with Gasteiger partial charge in [0.1, 0.15) is 0 Å². The fraction of sp³-hybridized carbons (Fsp3) is 0.667. The highest BCUT2D eigenvalue weighted by atomic mass is 16.5. The Hall–Kier alpha value is -2.15. The number of rotatable bonds is 5. The van der Waals surface area contributed by atoms with Gasteiger partial charge < -0.3 is 14.2 Å². The molecule has 2 fully saturated rings. The molecule has 0 aromatic carbocycles. The van der Waals surface area contributed by atoms with Gasteiger partial charge in [0.05, 0.1) is 13.5 Å². The summed E-state index contributed by atoms with van der Waals surface area (Å²) in [5.74, 6) is 0.144. The molecule has 7 nitrogen and oxygen atoms in total. The van der Waals surface area contributed by atoms with Gasteiger partial charge in [-0.1, -0.05) is 6.07 Å². The lowest BCUT2D eigenvalue weighted by molar-refractivity contribution is -0.144. The van der Waals surface area contributed by atoms with Gasteiger partial charge in [-0.15, -0.1) is 0 Å². The van der Waals surface area contributed by atoms with Gasteiger partial charge in [0.15, 0.2) is 0 Å². The minimum absolute atomic E-state index is 0.00144. The molecule has 4 heterocycles. The average molecular weight is 387 g/mol. The summed E-state index contributed by atoms with van der Waals surface area (Å²) < 4.78 is 6.59. The zero-order valence-corrected chi connectivity index (χ0v) is 16.6. The second-order valence-corrected chi connectivity index (χ2v) is 8.36. The molecular weight excluding hydrogens is 358 g/mol. The Bertz CT molecular complexity index is 812. The Kier molecular flexibility index (Phi) is 5.53. The van der Waals surface area contributed by atoms with Crippen LogP contribution in [0.25, 0.3) is 0 Å². The quantitative estimate of drug-likeness (QED) is 0.713. The molecule has 7 heteroatoms. The van der Waals surface area contributed by atoms with E-state index in [9.17, 15) is 14.4 Å². The maximum Gasteiger partial charge on any atom is 0.306 e. The fourth-order valence-electron chi connectivity index (χ4n) is 4.97. The number of likely N-dealkylation sites (tertiary alicyclic amines) is 2. The van der Waals surface area contributed by atoms with E-state index < -0.39 is 0 Å². The molecule has 0 spiro atoms. The first kappa shape index (κ1) is 19.2. The van der Waals surface area contributed by atoms with Crippen molar-refractivity contribution in [3.8, 4) is 0 Å². The number of carbonyl (C=O) groups is 2. The predicted molar refractivity (Wildman–Crippen MR) is 104 cm³/mol. The van der Waals surface area contributed by atoms with E-state index in [1.54, 1.807) is 0 Å². The number of piperidine rings is 1. The maximum absolute atomic E-state index is 13.1. The Balaban J connectivity index is 1.47. The largest absolute Gasteiger partial charge is 0.469 e. The molecular formula is C21H29N3O4. The second kappa shape index (κ2) is 8.07. The molecule has 4 rings (SSSR count). The van der Waals surface area contributed by atoms with Crippen LogP contribution in [-0.2, 0) is 27.4 Å². The van der Waals surface area contributed by atoms with Crippen LogP contribution in [0.15, 0.2) is 16.9 Å². The van der Waals surface area contributed by atoms with Crippen LogP contribution in [0.4, 0.5) is 0 Å². The minimum Gasteiger partial charge on any atom is -0.469 e. The number of esters is 1. The molecule has 152 valence electrons. The summed E-state index contributed by atoms with van der Waals surface area (Å²) in [6.07, 6.45) is 3.77. The van der Waals surface area contributed by atoms with E-state index in [-0.39, 0.29) is 36.2 Å². The highest BCUT2D eigenvalue weighted by Crippen LogP contribution is 2.35. The van der Waals surface area contributed by atoms with Crippen molar-refractivity contribution in [1.82, 2.24) is 14.4 Å². The highest BCUT2D eigenvalue weighted by Gasteiger charge is 2.36. The Morgan fingerprint density at radius 1 is 1.11 bits per heavy atom. The smallest absolute Gasteiger partial charge is 0.306 e. The first-order valence-corrected chi connectivity index (χ1v) is 10.3. The number of fused-ring (bicyclic) bond motifs is 4. The summed E-state index contributed by atoms with van der Waals surface area (Å²) in [5.41, 5.74) is 2.08. The molecule has 0 radical (unpaired) electrons. The molecule has 0 unspecified atom stereocenters. The van der Waals surface area contributed by atoms with Crippen molar-refractivity contribution in [2.24, 2.45) is 5.92 Å². The number of amides is 1. The van der Waals surface area contributed by atoms with Crippen LogP contribution in [0.2, 0.25) is 0 Å². The number of pyridine rings is 1. The van der Waals surface area contributed by atoms with Crippen molar-refractivity contribution in [3.05, 3.63) is 33.7 Å². The lowest BCUT2D eigenvalue weighted by Gasteiger charge is -2.43. The van der Waals surface area contributed by atoms with Crippen molar-refractivity contribution in [1.29, 1.82) is 0 Å². The Morgan fingerprint density at radius 3 is 2.64 bits per heavy atom. The number of nitrogens with zero attached hydrogens (tertiary/aromatic N) is 3. The van der Waals surface area contributed by atoms with Gasteiger partial charge in [0, 0.05) is 49.8 Å². The minimum atomic E-state index is -0.354. The third-order valence-electron chi connectivity index (χ3n) is 6.40. The molecule has 1 aromatic heterocycles. The Labute approximate surface area is 165 Å². The number of methoxy groups -OCH3 is 1. The normalized spacial score (nSPS) is 24.1. The molecule has 2 bridgehead atoms. The molecule has 1 aromatic rings. The summed E-state index contributed by atoms with van der Waals surface area (Å²) in [4.78, 5) is 41.1. The van der Waals surface area contributed by atoms with Crippen LogP contribution in [-0.4, -0.2) is 59.5 Å². The third-order valence-corrected chi connectivity index (χ3v) is 6.40. The van der Waals surface area contributed by atoms with Crippen LogP contribution in [0, 0.1) is 5.92 Å². The first-order chi connectivity index (χ1) is 13.5. The molecule has 28 heavy (non-hydrogen) atoms. The van der Waals surface area contributed by atoms with E-state index in [4.69, 9.17) is 0 Å². The van der Waals surface area contributed by atoms with Crippen LogP contribution >= 0.6 is 0 Å². The predicted octanol–water partition coefficient (Wildman–Crippen LogP) is 1.34. The Morgan fingerprint density at radius 2 is 1.89 bits per heavy atom. The van der Waals surface area contributed by atoms with E-state index in [1.165, 1.54) is 20.0 Å². The van der Waals surface area contributed by atoms with E-state index in [1.807, 2.05) is 15.5 Å². The molecule has 0 saturated carbocycles. The van der Waals surface area contributed by atoms with Gasteiger partial charge in [-0.3, -0.25) is 19.3 Å². The van der Waals surface area contributed by atoms with Crippen LogP contribution in [0.3, 0.4) is 0 Å². The van der Waals surface area contributed by atoms with Crippen molar-refractivity contribution in [2.45, 2.75) is 51.1 Å². The molecule has 2 saturated heterocycles. The lowest BCUT2D eigenvalue weighted by atomic mass is 9.82. The number of hydrogen-bond acceptors (Lipinski definition) is 5. The SMILES string of the molecule is COC(=O)CCC(=O)N1C[C@@H]2C[C@H](C1)c1ccc(CN3CCCC3)c(=O)n1C2. The van der Waals surface area contributed by atoms with Gasteiger partial charge in [0.25, 0.3) is 5.56 Å². The first-order valence-electron chi connectivity index (χ1n) is 10.3. The third kappa shape index (κ3) is 3.85. The van der Waals surface area contributed by atoms with Crippen molar-refractivity contribution in [3.63, 3.8) is 0 Å². The van der Waals surface area contributed by atoms with Crippen LogP contribution < -0.4 is 5.56 Å². The van der Waals surface area contributed by atoms with Crippen molar-refractivity contribution < 1.29 is 14.3 Å². The number of aromatic nitrogens is 1. The molecule has 1 amide bonds. The average Bonchev–Trinajstić information content (AvgIpc) is 3.21. The van der Waals surface area contributed by atoms with Gasteiger partial charge in [-0.05, 0) is 44.3 Å². The van der Waals surface area contributed by atoms with Crippen LogP contribution in [0.1, 0.15) is 49.3 Å². The van der Waals surface area contributed by atoms with E-state index in [2.05, 4.69) is 15.7 Å². The van der Waals surface area contributed by atoms with Gasteiger partial charge in [-0.25, -0.2) is 0 Å². The van der Waals surface area contributed by atoms with Crippen LogP contribution in [0.5, 0.6) is 0 Å². The van der Waals surface area contributed by atoms with Gasteiger partial charge >= 0.3 is 5.97 Å². The molecule has 3 aliphatic heterocycles. The number of hydrogen-bond donors (Lipinski definition) is 0. The second-order valence-electron chi connectivity index (χ2n) is 8.36. The summed E-state index contributed by atoms with van der Waals surface area (Å²) in [5, 5.41) is 0. The highest BCUT2D eigenvalue weighted by molar-refractivity contribution is 5.81. The molecule has 0 N–H and O–H groups in total. The van der Waals surface area contributed by atoms with Crippen molar-refractivity contribution in [2.75, 3.05) is 33.3 Å². The zero-order chi connectivity index (χ0) is 19.7. The summed E-state index contributed by atoms with van der Waals surface area (Å²) in [6, 6.07) is 4.08. The summed E-state index contributed by atoms with van der Waals surface area (Å²) in [6.45, 7) is 4.87. The standard InChI is InChI=1S/C21H29N3O4/c1-28-20(26)7-6-19(25)23-11-15-10-17(14-23)18-5-4-16(21(27)24(18)12-15)13-22-8-2-3-9-22/h4-5,15,17H,2-3,6-14H2,1H3/t15-,17+/m0/s1. The monoisotopic (exact) mass is 387 g/mol. The van der Waals surface area contributed by atoms with Crippen molar-refractivity contribution >= 4 is 11.9 Å². The van der Waals surface area contributed by atoms with E-state index in [0.29, 0.717) is 25.6 Å². The van der Waals surface area contributed by atoms with E-state index >= 15 is 0 Å². The van der Waals surface area contributed by atoms with Gasteiger partial charge in [0.2, 0.25) is 5.91 Å². The van der Waals surface area contributed by atoms with E-state index in [0.717, 1.165) is 37.3 Å². The summed E-state index contributed by atoms with van der Waals surface area (Å²) >= 11 is 0. The maximum atomic E-state index is 13.1. The number of carbonyl (C=O) groups excluding carboxylic acids is 2.